The Morgan fingerprint density at radius 3 is 2.47 bits per heavy atom. The summed E-state index contributed by atoms with van der Waals surface area (Å²) >= 11 is 6.05. The molecule has 0 atom stereocenters. The molecule has 1 nitrogen and oxygen atoms in total. The molecule has 0 heterocycles. The van der Waals surface area contributed by atoms with E-state index in [2.05, 4.69) is 13.8 Å². The van der Waals surface area contributed by atoms with E-state index in [4.69, 9.17) is 17.3 Å². The number of nitrogens with two attached hydrogens (primary N) is 1. The Morgan fingerprint density at radius 2 is 2.00 bits per heavy atom. The molecular weight excluding hydrogens is 213 g/mol. The molecule has 3 heteroatoms. The summed E-state index contributed by atoms with van der Waals surface area (Å²) in [5.74, 6) is -0.304. The lowest BCUT2D eigenvalue weighted by Crippen LogP contribution is -2.43. The summed E-state index contributed by atoms with van der Waals surface area (Å²) in [4.78, 5) is 0. The summed E-state index contributed by atoms with van der Waals surface area (Å²) in [5.41, 5.74) is 6.78. The van der Waals surface area contributed by atoms with E-state index in [9.17, 15) is 4.39 Å². The average molecular weight is 228 g/mol. The molecule has 1 aromatic rings. The lowest BCUT2D eigenvalue weighted by Gasteiger charge is -2.33. The highest BCUT2D eigenvalue weighted by Crippen LogP contribution is 2.50. The van der Waals surface area contributed by atoms with Crippen LogP contribution in [0, 0.1) is 5.82 Å². The van der Waals surface area contributed by atoms with Crippen molar-refractivity contribution in [2.45, 2.75) is 37.6 Å². The normalized spacial score (nSPS) is 19.0. The van der Waals surface area contributed by atoms with Crippen LogP contribution in [0.1, 0.15) is 32.3 Å². The molecular formula is C12H15ClFN. The van der Waals surface area contributed by atoms with Crippen molar-refractivity contribution in [3.63, 3.8) is 0 Å². The van der Waals surface area contributed by atoms with Crippen molar-refractivity contribution in [2.75, 3.05) is 0 Å². The van der Waals surface area contributed by atoms with Crippen LogP contribution in [0.25, 0.3) is 0 Å². The minimum Gasteiger partial charge on any atom is -0.324 e. The maximum atomic E-state index is 12.9. The molecule has 0 aliphatic heterocycles. The van der Waals surface area contributed by atoms with E-state index in [0.29, 0.717) is 5.02 Å². The summed E-state index contributed by atoms with van der Waals surface area (Å²) in [5, 5.41) is 0.469. The number of hydrogen-bond donors (Lipinski definition) is 1. The Bertz CT molecular complexity index is 397. The second kappa shape index (κ2) is 3.19. The van der Waals surface area contributed by atoms with Gasteiger partial charge in [0.25, 0.3) is 0 Å². The fourth-order valence-corrected chi connectivity index (χ4v) is 2.43. The maximum absolute atomic E-state index is 12.9. The minimum absolute atomic E-state index is 0.172. The summed E-state index contributed by atoms with van der Waals surface area (Å²) in [7, 11) is 0. The Balaban J connectivity index is 2.45. The van der Waals surface area contributed by atoms with Gasteiger partial charge in [-0.25, -0.2) is 4.39 Å². The van der Waals surface area contributed by atoms with Gasteiger partial charge in [0.15, 0.2) is 0 Å². The first-order valence-corrected chi connectivity index (χ1v) is 5.49. The predicted octanol–water partition coefficient (Wildman–Crippen LogP) is 3.25. The number of rotatable bonds is 2. The van der Waals surface area contributed by atoms with Gasteiger partial charge in [0.2, 0.25) is 0 Å². The molecule has 1 aliphatic rings. The third-order valence-corrected chi connectivity index (χ3v) is 3.95. The highest BCUT2D eigenvalue weighted by atomic mass is 35.5. The first kappa shape index (κ1) is 10.9. The van der Waals surface area contributed by atoms with E-state index in [1.54, 1.807) is 6.07 Å². The van der Waals surface area contributed by atoms with Gasteiger partial charge in [-0.2, -0.15) is 0 Å². The highest BCUT2D eigenvalue weighted by Gasteiger charge is 2.52. The molecule has 0 saturated heterocycles. The van der Waals surface area contributed by atoms with E-state index in [1.165, 1.54) is 12.1 Å². The first-order valence-electron chi connectivity index (χ1n) is 5.11. The second-order valence-electron chi connectivity index (χ2n) is 4.91. The van der Waals surface area contributed by atoms with Crippen molar-refractivity contribution in [2.24, 2.45) is 5.73 Å². The topological polar surface area (TPSA) is 26.0 Å². The van der Waals surface area contributed by atoms with Gasteiger partial charge in [0.05, 0.1) is 0 Å². The maximum Gasteiger partial charge on any atom is 0.124 e. The summed E-state index contributed by atoms with van der Waals surface area (Å²) in [6.45, 7) is 4.14. The van der Waals surface area contributed by atoms with Crippen LogP contribution in [0.15, 0.2) is 18.2 Å². The van der Waals surface area contributed by atoms with Crippen LogP contribution in [0.2, 0.25) is 5.02 Å². The lowest BCUT2D eigenvalue weighted by atomic mass is 9.76. The molecule has 2 rings (SSSR count). The predicted molar refractivity (Wildman–Crippen MR) is 60.6 cm³/mol. The van der Waals surface area contributed by atoms with E-state index in [0.717, 1.165) is 18.4 Å². The van der Waals surface area contributed by atoms with Crippen LogP contribution in [-0.4, -0.2) is 5.54 Å². The zero-order chi connectivity index (χ0) is 11.3. The van der Waals surface area contributed by atoms with Crippen molar-refractivity contribution < 1.29 is 4.39 Å². The fraction of sp³-hybridized carbons (Fsp3) is 0.500. The zero-order valence-corrected chi connectivity index (χ0v) is 9.74. The molecule has 0 aromatic heterocycles. The van der Waals surface area contributed by atoms with Crippen LogP contribution in [0.5, 0.6) is 0 Å². The van der Waals surface area contributed by atoms with E-state index in [1.807, 2.05) is 0 Å². The second-order valence-corrected chi connectivity index (χ2v) is 5.31. The highest BCUT2D eigenvalue weighted by molar-refractivity contribution is 6.31. The molecule has 0 spiro atoms. The van der Waals surface area contributed by atoms with Gasteiger partial charge in [-0.15, -0.1) is 0 Å². The van der Waals surface area contributed by atoms with Crippen molar-refractivity contribution in [1.29, 1.82) is 0 Å². The van der Waals surface area contributed by atoms with Gasteiger partial charge in [0.1, 0.15) is 5.82 Å². The molecule has 1 aliphatic carbocycles. The summed E-state index contributed by atoms with van der Waals surface area (Å²) in [6, 6.07) is 4.53. The van der Waals surface area contributed by atoms with Gasteiger partial charge < -0.3 is 5.73 Å². The van der Waals surface area contributed by atoms with Gasteiger partial charge in [0, 0.05) is 16.0 Å². The van der Waals surface area contributed by atoms with Crippen LogP contribution < -0.4 is 5.73 Å². The fourth-order valence-electron chi connectivity index (χ4n) is 2.02. The van der Waals surface area contributed by atoms with Gasteiger partial charge >= 0.3 is 0 Å². The van der Waals surface area contributed by atoms with Gasteiger partial charge in [-0.1, -0.05) is 31.5 Å². The Hall–Kier alpha value is -0.600. The molecule has 15 heavy (non-hydrogen) atoms. The first-order chi connectivity index (χ1) is 6.87. The Kier molecular flexibility index (Phi) is 2.32. The molecule has 1 fully saturated rings. The smallest absolute Gasteiger partial charge is 0.124 e. The van der Waals surface area contributed by atoms with Crippen LogP contribution in [0.4, 0.5) is 4.39 Å². The zero-order valence-electron chi connectivity index (χ0n) is 8.98. The minimum atomic E-state index is -0.304. The average Bonchev–Trinajstić information content (AvgIpc) is 2.84. The molecule has 82 valence electrons. The number of benzene rings is 1. The molecule has 0 amide bonds. The van der Waals surface area contributed by atoms with Crippen molar-refractivity contribution in [3.8, 4) is 0 Å². The third kappa shape index (κ3) is 1.66. The Labute approximate surface area is 94.4 Å². The lowest BCUT2D eigenvalue weighted by molar-refractivity contribution is 0.391. The van der Waals surface area contributed by atoms with Gasteiger partial charge in [-0.05, 0) is 30.5 Å². The van der Waals surface area contributed by atoms with Crippen molar-refractivity contribution in [3.05, 3.63) is 34.6 Å². The summed E-state index contributed by atoms with van der Waals surface area (Å²) < 4.78 is 12.9. The van der Waals surface area contributed by atoms with Gasteiger partial charge in [-0.3, -0.25) is 0 Å². The standard InChI is InChI=1S/C12H15ClFN/c1-11(2,12(15)5-6-12)9-4-3-8(14)7-10(9)13/h3-4,7H,5-6,15H2,1-2H3. The molecule has 2 N–H and O–H groups in total. The molecule has 1 saturated carbocycles. The van der Waals surface area contributed by atoms with E-state index in [-0.39, 0.29) is 16.8 Å². The Morgan fingerprint density at radius 1 is 1.40 bits per heavy atom. The van der Waals surface area contributed by atoms with Crippen LogP contribution >= 0.6 is 11.6 Å². The number of halogens is 2. The van der Waals surface area contributed by atoms with Crippen LogP contribution in [-0.2, 0) is 5.41 Å². The molecule has 0 unspecified atom stereocenters. The summed E-state index contributed by atoms with van der Waals surface area (Å²) in [6.07, 6.45) is 2.02. The van der Waals surface area contributed by atoms with E-state index < -0.39 is 0 Å². The molecule has 0 radical (unpaired) electrons. The molecule has 1 aromatic carbocycles. The van der Waals surface area contributed by atoms with Crippen molar-refractivity contribution in [1.82, 2.24) is 0 Å². The molecule has 0 bridgehead atoms. The number of hydrogen-bond acceptors (Lipinski definition) is 1. The van der Waals surface area contributed by atoms with Crippen LogP contribution in [0.3, 0.4) is 0 Å². The SMILES string of the molecule is CC(C)(c1ccc(F)cc1Cl)C1(N)CC1. The van der Waals surface area contributed by atoms with Crippen molar-refractivity contribution >= 4 is 11.6 Å². The largest absolute Gasteiger partial charge is 0.324 e. The van der Waals surface area contributed by atoms with E-state index >= 15 is 0 Å². The third-order valence-electron chi connectivity index (χ3n) is 3.64. The monoisotopic (exact) mass is 227 g/mol. The quantitative estimate of drug-likeness (QED) is 0.825.